The fourth-order valence-corrected chi connectivity index (χ4v) is 3.25. The first-order valence-electron chi connectivity index (χ1n) is 4.84. The van der Waals surface area contributed by atoms with Crippen LogP contribution in [0.25, 0.3) is 0 Å². The monoisotopic (exact) mass is 249 g/mol. The minimum atomic E-state index is -3.26. The van der Waals surface area contributed by atoms with Crippen LogP contribution in [0, 0.1) is 0 Å². The van der Waals surface area contributed by atoms with Crippen LogP contribution < -0.4 is 9.62 Å². The normalized spacial score (nSPS) is 12.2. The molecule has 1 heterocycles. The van der Waals surface area contributed by atoms with Crippen LogP contribution in [0.5, 0.6) is 0 Å². The van der Waals surface area contributed by atoms with Gasteiger partial charge in [0.25, 0.3) is 0 Å². The molecule has 0 bridgehead atoms. The van der Waals surface area contributed by atoms with E-state index in [4.69, 9.17) is 0 Å². The molecule has 0 saturated heterocycles. The third-order valence-corrected chi connectivity index (χ3v) is 4.76. The molecule has 1 rings (SSSR count). The summed E-state index contributed by atoms with van der Waals surface area (Å²) in [4.78, 5) is 1.32. The van der Waals surface area contributed by atoms with Crippen LogP contribution in [-0.4, -0.2) is 35.6 Å². The molecule has 0 amide bonds. The maximum absolute atomic E-state index is 11.6. The summed E-state index contributed by atoms with van der Waals surface area (Å²) in [6.45, 7) is 1.47. The van der Waals surface area contributed by atoms with Crippen molar-refractivity contribution in [3.63, 3.8) is 0 Å². The van der Waals surface area contributed by atoms with Gasteiger partial charge in [-0.05, 0) is 11.4 Å². The highest BCUT2D eigenvalue weighted by atomic mass is 32.2. The number of rotatable bonds is 6. The molecular formula is C9H17N2O2S2+. The first-order valence-corrected chi connectivity index (χ1v) is 7.21. The van der Waals surface area contributed by atoms with Gasteiger partial charge >= 0.3 is 0 Å². The van der Waals surface area contributed by atoms with Gasteiger partial charge in [-0.25, -0.2) is 13.1 Å². The van der Waals surface area contributed by atoms with Gasteiger partial charge < -0.3 is 4.90 Å². The second-order valence-electron chi connectivity index (χ2n) is 3.64. The number of quaternary nitrogens is 1. The van der Waals surface area contributed by atoms with Crippen molar-refractivity contribution in [3.8, 4) is 0 Å². The number of thiophene rings is 1. The number of nitrogens with one attached hydrogen (secondary N) is 2. The zero-order valence-corrected chi connectivity index (χ0v) is 10.6. The molecule has 0 aromatic carbocycles. The molecule has 0 unspecified atom stereocenters. The lowest BCUT2D eigenvalue weighted by Crippen LogP contribution is -3.05. The number of hydrogen-bond donors (Lipinski definition) is 2. The molecule has 0 aliphatic rings. The quantitative estimate of drug-likeness (QED) is 0.672. The first-order chi connectivity index (χ1) is 7.02. The van der Waals surface area contributed by atoms with Crippen molar-refractivity contribution in [1.29, 1.82) is 0 Å². The molecule has 86 valence electrons. The zero-order chi connectivity index (χ0) is 11.3. The van der Waals surface area contributed by atoms with Crippen molar-refractivity contribution in [2.75, 3.05) is 27.2 Å². The van der Waals surface area contributed by atoms with Crippen LogP contribution in [0.15, 0.2) is 21.7 Å². The van der Waals surface area contributed by atoms with E-state index >= 15 is 0 Å². The molecule has 0 atom stereocenters. The SMILES string of the molecule is C[NH+](C)CCCNS(=O)(=O)c1cccs1. The predicted octanol–water partition coefficient (Wildman–Crippen LogP) is -0.439. The van der Waals surface area contributed by atoms with Crippen molar-refractivity contribution >= 4 is 21.4 Å². The second-order valence-corrected chi connectivity index (χ2v) is 6.58. The highest BCUT2D eigenvalue weighted by Gasteiger charge is 2.13. The van der Waals surface area contributed by atoms with Crippen LogP contribution in [0.1, 0.15) is 6.42 Å². The maximum atomic E-state index is 11.6. The van der Waals surface area contributed by atoms with Crippen LogP contribution in [0.2, 0.25) is 0 Å². The molecule has 1 aromatic heterocycles. The van der Waals surface area contributed by atoms with E-state index in [1.807, 2.05) is 14.1 Å². The van der Waals surface area contributed by atoms with E-state index in [2.05, 4.69) is 4.72 Å². The summed E-state index contributed by atoms with van der Waals surface area (Å²) in [7, 11) is 0.843. The fourth-order valence-electron chi connectivity index (χ4n) is 1.14. The minimum absolute atomic E-state index is 0.389. The number of sulfonamides is 1. The molecule has 1 aromatic rings. The lowest BCUT2D eigenvalue weighted by molar-refractivity contribution is -0.858. The Morgan fingerprint density at radius 1 is 1.47 bits per heavy atom. The molecule has 0 radical (unpaired) electrons. The van der Waals surface area contributed by atoms with E-state index < -0.39 is 10.0 Å². The topological polar surface area (TPSA) is 50.6 Å². The molecule has 0 saturated carbocycles. The van der Waals surface area contributed by atoms with Crippen LogP contribution in [0.4, 0.5) is 0 Å². The van der Waals surface area contributed by atoms with Gasteiger partial charge in [0.15, 0.2) is 0 Å². The Kier molecular flexibility index (Phi) is 4.72. The second kappa shape index (κ2) is 5.60. The largest absolute Gasteiger partial charge is 0.340 e. The Bertz CT molecular complexity index is 371. The van der Waals surface area contributed by atoms with Gasteiger partial charge in [-0.1, -0.05) is 6.07 Å². The number of hydrogen-bond acceptors (Lipinski definition) is 3. The van der Waals surface area contributed by atoms with Crippen LogP contribution >= 0.6 is 11.3 Å². The Morgan fingerprint density at radius 3 is 2.73 bits per heavy atom. The van der Waals surface area contributed by atoms with Crippen molar-refractivity contribution < 1.29 is 13.3 Å². The maximum Gasteiger partial charge on any atom is 0.250 e. The Morgan fingerprint density at radius 2 is 2.20 bits per heavy atom. The van der Waals surface area contributed by atoms with Gasteiger partial charge in [-0.2, -0.15) is 0 Å². The third-order valence-electron chi connectivity index (χ3n) is 1.91. The Hall–Kier alpha value is -0.430. The van der Waals surface area contributed by atoms with Gasteiger partial charge in [-0.15, -0.1) is 11.3 Å². The van der Waals surface area contributed by atoms with Crippen LogP contribution in [-0.2, 0) is 10.0 Å². The van der Waals surface area contributed by atoms with Crippen molar-refractivity contribution in [3.05, 3.63) is 17.5 Å². The lowest BCUT2D eigenvalue weighted by Gasteiger charge is -2.07. The lowest BCUT2D eigenvalue weighted by atomic mass is 10.4. The van der Waals surface area contributed by atoms with Gasteiger partial charge in [0.2, 0.25) is 10.0 Å². The highest BCUT2D eigenvalue weighted by Crippen LogP contribution is 2.14. The first kappa shape index (κ1) is 12.6. The van der Waals surface area contributed by atoms with E-state index in [0.717, 1.165) is 13.0 Å². The van der Waals surface area contributed by atoms with Crippen LogP contribution in [0.3, 0.4) is 0 Å². The van der Waals surface area contributed by atoms with E-state index in [1.54, 1.807) is 17.5 Å². The molecular weight excluding hydrogens is 232 g/mol. The molecule has 6 heteroatoms. The minimum Gasteiger partial charge on any atom is -0.340 e. The summed E-state index contributed by atoms with van der Waals surface area (Å²) in [5.74, 6) is 0. The van der Waals surface area contributed by atoms with E-state index in [1.165, 1.54) is 16.2 Å². The molecule has 4 nitrogen and oxygen atoms in total. The van der Waals surface area contributed by atoms with Gasteiger partial charge in [0.05, 0.1) is 20.6 Å². The summed E-state index contributed by atoms with van der Waals surface area (Å²) in [5, 5.41) is 1.76. The Balaban J connectivity index is 2.39. The third kappa shape index (κ3) is 4.29. The molecule has 2 N–H and O–H groups in total. The van der Waals surface area contributed by atoms with Gasteiger partial charge in [0.1, 0.15) is 4.21 Å². The molecule has 0 fully saturated rings. The summed E-state index contributed by atoms with van der Waals surface area (Å²) >= 11 is 1.24. The van der Waals surface area contributed by atoms with Gasteiger partial charge in [-0.3, -0.25) is 0 Å². The van der Waals surface area contributed by atoms with E-state index in [9.17, 15) is 8.42 Å². The van der Waals surface area contributed by atoms with Crippen molar-refractivity contribution in [1.82, 2.24) is 4.72 Å². The zero-order valence-electron chi connectivity index (χ0n) is 8.99. The predicted molar refractivity (Wildman–Crippen MR) is 61.8 cm³/mol. The summed E-state index contributed by atoms with van der Waals surface area (Å²) < 4.78 is 26.2. The molecule has 0 aliphatic heterocycles. The molecule has 15 heavy (non-hydrogen) atoms. The summed E-state index contributed by atoms with van der Waals surface area (Å²) in [6, 6.07) is 3.35. The van der Waals surface area contributed by atoms with Crippen molar-refractivity contribution in [2.24, 2.45) is 0 Å². The Labute approximate surface area is 95.0 Å². The summed E-state index contributed by atoms with van der Waals surface area (Å²) in [5.41, 5.74) is 0. The van der Waals surface area contributed by atoms with E-state index in [0.29, 0.717) is 10.8 Å². The van der Waals surface area contributed by atoms with Crippen molar-refractivity contribution in [2.45, 2.75) is 10.6 Å². The standard InChI is InChI=1S/C9H16N2O2S2/c1-11(2)7-4-6-10-15(12,13)9-5-3-8-14-9/h3,5,8,10H,4,6-7H2,1-2H3/p+1. The smallest absolute Gasteiger partial charge is 0.250 e. The van der Waals surface area contributed by atoms with E-state index in [-0.39, 0.29) is 0 Å². The molecule has 0 aliphatic carbocycles. The average Bonchev–Trinajstić information content (AvgIpc) is 2.65. The molecule has 0 spiro atoms. The fraction of sp³-hybridized carbons (Fsp3) is 0.556. The van der Waals surface area contributed by atoms with Gasteiger partial charge in [0, 0.05) is 13.0 Å². The average molecular weight is 249 g/mol. The summed E-state index contributed by atoms with van der Waals surface area (Å²) in [6.07, 6.45) is 0.854. The highest BCUT2D eigenvalue weighted by molar-refractivity contribution is 7.91.